The summed E-state index contributed by atoms with van der Waals surface area (Å²) in [4.78, 5) is 15.9. The number of halogens is 2. The number of amides is 1. The van der Waals surface area contributed by atoms with Crippen molar-refractivity contribution in [2.75, 3.05) is 38.2 Å². The zero-order valence-electron chi connectivity index (χ0n) is 25.7. The third-order valence-electron chi connectivity index (χ3n) is 7.30. The van der Waals surface area contributed by atoms with Crippen LogP contribution in [0.15, 0.2) is 41.1 Å². The van der Waals surface area contributed by atoms with Gasteiger partial charge in [0.1, 0.15) is 11.6 Å². The molecule has 7 nitrogen and oxygen atoms in total. The highest BCUT2D eigenvalue weighted by molar-refractivity contribution is 7.80. The first-order chi connectivity index (χ1) is 19.2. The molecule has 0 aromatic heterocycles. The van der Waals surface area contributed by atoms with Gasteiger partial charge in [0, 0.05) is 44.1 Å². The van der Waals surface area contributed by atoms with Crippen molar-refractivity contribution in [3.05, 3.63) is 58.3 Å². The second-order valence-corrected chi connectivity index (χ2v) is 11.4. The zero-order chi connectivity index (χ0) is 30.9. The van der Waals surface area contributed by atoms with E-state index in [1.54, 1.807) is 54.1 Å². The maximum absolute atomic E-state index is 14.9. The Morgan fingerprint density at radius 1 is 1.20 bits per heavy atom. The number of hydrogen-bond acceptors (Lipinski definition) is 5. The number of thiocarbonyl (C=S) groups is 1. The van der Waals surface area contributed by atoms with E-state index in [-0.39, 0.29) is 29.7 Å². The van der Waals surface area contributed by atoms with E-state index >= 15 is 0 Å². The Hall–Kier alpha value is -2.82. The topological polar surface area (TPSA) is 80.1 Å². The van der Waals surface area contributed by atoms with E-state index in [0.717, 1.165) is 5.57 Å². The summed E-state index contributed by atoms with van der Waals surface area (Å²) in [6.45, 7) is 15.4. The monoisotopic (exact) mass is 592 g/mol. The van der Waals surface area contributed by atoms with Gasteiger partial charge in [-0.15, -0.1) is 0 Å². The van der Waals surface area contributed by atoms with Gasteiger partial charge in [-0.2, -0.15) is 0 Å². The molecule has 3 rings (SSSR count). The van der Waals surface area contributed by atoms with Crippen LogP contribution in [-0.2, 0) is 14.3 Å². The SMILES string of the molecule is C/C(=C\N(C)c1cc(F)c(C2=CCN(C(=O)C3COC(C)(C)O3)CC2)c(F)c1)CNC(N)=S.CCC(C)=C(C)CC. The minimum atomic E-state index is -0.792. The molecule has 2 heterocycles. The molecule has 1 aromatic carbocycles. The second kappa shape index (κ2) is 15.4. The highest BCUT2D eigenvalue weighted by Gasteiger charge is 2.39. The number of allylic oxidation sites excluding steroid dienone is 2. The lowest BCUT2D eigenvalue weighted by Gasteiger charge is -2.29. The summed E-state index contributed by atoms with van der Waals surface area (Å²) in [7, 11) is 1.71. The molecule has 0 saturated carbocycles. The number of nitrogens with two attached hydrogens (primary N) is 1. The van der Waals surface area contributed by atoms with Crippen LogP contribution in [0.5, 0.6) is 0 Å². The summed E-state index contributed by atoms with van der Waals surface area (Å²) < 4.78 is 41.0. The van der Waals surface area contributed by atoms with Gasteiger partial charge in [-0.1, -0.05) is 31.1 Å². The van der Waals surface area contributed by atoms with Gasteiger partial charge in [-0.3, -0.25) is 4.79 Å². The number of rotatable bonds is 8. The second-order valence-electron chi connectivity index (χ2n) is 10.9. The molecule has 0 aliphatic carbocycles. The summed E-state index contributed by atoms with van der Waals surface area (Å²) in [6, 6.07) is 2.60. The summed E-state index contributed by atoms with van der Waals surface area (Å²) in [6.07, 6.45) is 5.54. The molecule has 1 saturated heterocycles. The Morgan fingerprint density at radius 2 is 1.78 bits per heavy atom. The maximum Gasteiger partial charge on any atom is 0.254 e. The predicted octanol–water partition coefficient (Wildman–Crippen LogP) is 6.05. The molecule has 1 atom stereocenters. The Labute approximate surface area is 249 Å². The summed E-state index contributed by atoms with van der Waals surface area (Å²) in [5.41, 5.74) is 10.3. The first-order valence-electron chi connectivity index (χ1n) is 14.1. The number of carbonyl (C=O) groups is 1. The summed E-state index contributed by atoms with van der Waals surface area (Å²) >= 11 is 4.78. The Bertz CT molecular complexity index is 1160. The van der Waals surface area contributed by atoms with Gasteiger partial charge in [0.15, 0.2) is 17.0 Å². The zero-order valence-corrected chi connectivity index (χ0v) is 26.5. The first kappa shape index (κ1) is 34.4. The molecule has 1 aromatic rings. The maximum atomic E-state index is 14.9. The molecule has 228 valence electrons. The summed E-state index contributed by atoms with van der Waals surface area (Å²) in [5.74, 6) is -2.27. The van der Waals surface area contributed by atoms with Gasteiger partial charge in [-0.05, 0) is 89.4 Å². The lowest BCUT2D eigenvalue weighted by atomic mass is 9.97. The normalized spacial score (nSPS) is 19.1. The van der Waals surface area contributed by atoms with Crippen LogP contribution in [-0.4, -0.2) is 61.1 Å². The standard InChI is InChI=1S/C23H30F2N4O3S.C8H16/c1-14(11-27-22(26)33)12-28(4)16-9-17(24)20(18(25)10-16)15-5-7-29(8-6-15)21(30)19-13-31-23(2,3)32-19;1-5-7(3)8(4)6-2/h5,9-10,12,19H,6-8,11,13H2,1-4H3,(H3,26,27,33);5-6H2,1-4H3/b14-12+;. The van der Waals surface area contributed by atoms with Crippen LogP contribution < -0.4 is 16.0 Å². The van der Waals surface area contributed by atoms with Crippen LogP contribution in [0.3, 0.4) is 0 Å². The average molecular weight is 593 g/mol. The van der Waals surface area contributed by atoms with E-state index in [1.807, 2.05) is 6.92 Å². The van der Waals surface area contributed by atoms with Gasteiger partial charge in [0.25, 0.3) is 5.91 Å². The van der Waals surface area contributed by atoms with Crippen molar-refractivity contribution in [2.24, 2.45) is 5.73 Å². The minimum absolute atomic E-state index is 0.0586. The molecule has 2 aliphatic rings. The van der Waals surface area contributed by atoms with Gasteiger partial charge in [0.2, 0.25) is 0 Å². The van der Waals surface area contributed by atoms with Gasteiger partial charge in [-0.25, -0.2) is 8.78 Å². The van der Waals surface area contributed by atoms with Crippen molar-refractivity contribution in [1.29, 1.82) is 0 Å². The van der Waals surface area contributed by atoms with Gasteiger partial charge in [0.05, 0.1) is 6.61 Å². The van der Waals surface area contributed by atoms with Crippen molar-refractivity contribution in [2.45, 2.75) is 79.6 Å². The van der Waals surface area contributed by atoms with Crippen molar-refractivity contribution in [3.63, 3.8) is 0 Å². The molecule has 10 heteroatoms. The quantitative estimate of drug-likeness (QED) is 0.281. The Kier molecular flexibility index (Phi) is 12.9. The van der Waals surface area contributed by atoms with E-state index in [1.165, 1.54) is 25.0 Å². The molecule has 0 radical (unpaired) electrons. The number of carbonyl (C=O) groups excluding carboxylic acids is 1. The molecular weight excluding hydrogens is 546 g/mol. The molecule has 3 N–H and O–H groups in total. The fraction of sp³-hybridized carbons (Fsp3) is 0.548. The van der Waals surface area contributed by atoms with Crippen LogP contribution in [0, 0.1) is 11.6 Å². The minimum Gasteiger partial charge on any atom is -0.376 e. The molecule has 1 unspecified atom stereocenters. The Morgan fingerprint density at radius 3 is 2.22 bits per heavy atom. The largest absolute Gasteiger partial charge is 0.376 e. The number of nitrogens with one attached hydrogen (secondary N) is 1. The van der Waals surface area contributed by atoms with E-state index in [9.17, 15) is 13.6 Å². The number of ether oxygens (including phenoxy) is 2. The van der Waals surface area contributed by atoms with Crippen LogP contribution in [0.4, 0.5) is 14.5 Å². The van der Waals surface area contributed by atoms with E-state index in [4.69, 9.17) is 27.4 Å². The lowest BCUT2D eigenvalue weighted by Crippen LogP contribution is -2.43. The number of anilines is 1. The van der Waals surface area contributed by atoms with E-state index in [2.05, 4.69) is 33.0 Å². The lowest BCUT2D eigenvalue weighted by molar-refractivity contribution is -0.159. The number of nitrogens with zero attached hydrogens (tertiary/aromatic N) is 2. The molecule has 2 aliphatic heterocycles. The molecule has 1 amide bonds. The van der Waals surface area contributed by atoms with Crippen LogP contribution in [0.25, 0.3) is 5.57 Å². The number of hydrogen-bond donors (Lipinski definition) is 2. The molecule has 0 spiro atoms. The molecular formula is C31H46F2N4O3S. The molecule has 41 heavy (non-hydrogen) atoms. The number of benzene rings is 1. The average Bonchev–Trinajstić information content (AvgIpc) is 3.30. The fourth-order valence-electron chi connectivity index (χ4n) is 4.46. The van der Waals surface area contributed by atoms with Gasteiger partial charge < -0.3 is 30.3 Å². The van der Waals surface area contributed by atoms with Crippen LogP contribution in [0.2, 0.25) is 0 Å². The summed E-state index contributed by atoms with van der Waals surface area (Å²) in [5, 5.41) is 3.01. The highest BCUT2D eigenvalue weighted by atomic mass is 32.1. The Balaban J connectivity index is 0.000000642. The first-order valence-corrected chi connectivity index (χ1v) is 14.5. The third-order valence-corrected chi connectivity index (χ3v) is 7.45. The molecule has 0 bridgehead atoms. The van der Waals surface area contributed by atoms with E-state index < -0.39 is 23.5 Å². The highest BCUT2D eigenvalue weighted by Crippen LogP contribution is 2.31. The fourth-order valence-corrected chi connectivity index (χ4v) is 4.53. The van der Waals surface area contributed by atoms with Crippen molar-refractivity contribution in [1.82, 2.24) is 10.2 Å². The van der Waals surface area contributed by atoms with Crippen molar-refractivity contribution < 1.29 is 23.0 Å². The van der Waals surface area contributed by atoms with Crippen molar-refractivity contribution >= 4 is 34.5 Å². The van der Waals surface area contributed by atoms with Crippen LogP contribution in [0.1, 0.15) is 73.3 Å². The van der Waals surface area contributed by atoms with E-state index in [0.29, 0.717) is 30.8 Å². The predicted molar refractivity (Wildman–Crippen MR) is 166 cm³/mol. The smallest absolute Gasteiger partial charge is 0.254 e. The van der Waals surface area contributed by atoms with Crippen molar-refractivity contribution in [3.8, 4) is 0 Å². The van der Waals surface area contributed by atoms with Gasteiger partial charge >= 0.3 is 0 Å². The van der Waals surface area contributed by atoms with Crippen LogP contribution >= 0.6 is 12.2 Å². The third kappa shape index (κ3) is 10.2. The molecule has 1 fully saturated rings.